The van der Waals surface area contributed by atoms with E-state index >= 15 is 0 Å². The van der Waals surface area contributed by atoms with Gasteiger partial charge in [0.2, 0.25) is 0 Å². The van der Waals surface area contributed by atoms with Crippen molar-refractivity contribution in [3.8, 4) is 6.07 Å². The highest BCUT2D eigenvalue weighted by molar-refractivity contribution is 6.32. The van der Waals surface area contributed by atoms with Gasteiger partial charge in [0, 0.05) is 32.3 Å². The molecule has 0 spiro atoms. The molecule has 100 valence electrons. The van der Waals surface area contributed by atoms with E-state index in [1.54, 1.807) is 11.7 Å². The molecule has 1 N–H and O–H groups in total. The van der Waals surface area contributed by atoms with E-state index in [4.69, 9.17) is 17.8 Å². The topological polar surface area (TPSA) is 66.1 Å². The lowest BCUT2D eigenvalue weighted by Gasteiger charge is -2.26. The number of morpholine rings is 1. The zero-order chi connectivity index (χ0) is 13.7. The van der Waals surface area contributed by atoms with Crippen molar-refractivity contribution in [1.82, 2.24) is 14.7 Å². The maximum Gasteiger partial charge on any atom is 0.146 e. The van der Waals surface area contributed by atoms with Crippen LogP contribution in [0.1, 0.15) is 12.0 Å². The summed E-state index contributed by atoms with van der Waals surface area (Å²) in [5.74, 6) is 0.696. The van der Waals surface area contributed by atoms with E-state index in [1.807, 2.05) is 0 Å². The van der Waals surface area contributed by atoms with Crippen LogP contribution in [0, 0.1) is 11.3 Å². The Morgan fingerprint density at radius 2 is 2.21 bits per heavy atom. The van der Waals surface area contributed by atoms with E-state index in [1.165, 1.54) is 0 Å². The van der Waals surface area contributed by atoms with Gasteiger partial charge in [0.1, 0.15) is 25.3 Å². The first-order valence-corrected chi connectivity index (χ1v) is 6.49. The molecular weight excluding hydrogens is 241 g/mol. The molecule has 0 aliphatic carbocycles. The number of nitrogens with zero attached hydrogens (tertiary/aromatic N) is 4. The van der Waals surface area contributed by atoms with Crippen LogP contribution in [0.25, 0.3) is 0 Å². The van der Waals surface area contributed by atoms with Crippen LogP contribution in [0.3, 0.4) is 0 Å². The van der Waals surface area contributed by atoms with Gasteiger partial charge in [0.15, 0.2) is 0 Å². The summed E-state index contributed by atoms with van der Waals surface area (Å²) < 4.78 is 6.92. The number of nitriles is 1. The minimum atomic E-state index is 0.278. The van der Waals surface area contributed by atoms with Gasteiger partial charge < -0.3 is 10.1 Å². The van der Waals surface area contributed by atoms with E-state index in [9.17, 15) is 0 Å². The van der Waals surface area contributed by atoms with Gasteiger partial charge in [-0.05, 0) is 13.0 Å². The molecule has 0 atom stereocenters. The van der Waals surface area contributed by atoms with Crippen molar-refractivity contribution < 1.29 is 4.74 Å². The Bertz CT molecular complexity index is 461. The van der Waals surface area contributed by atoms with E-state index < -0.39 is 0 Å². The molecule has 1 aromatic rings. The number of rotatable bonds is 5. The molecule has 1 aliphatic heterocycles. The fourth-order valence-corrected chi connectivity index (χ4v) is 2.19. The van der Waals surface area contributed by atoms with Gasteiger partial charge in [-0.3, -0.25) is 9.58 Å². The van der Waals surface area contributed by atoms with Crippen LogP contribution < -0.4 is 10.9 Å². The van der Waals surface area contributed by atoms with Gasteiger partial charge >= 0.3 is 0 Å². The maximum absolute atomic E-state index is 9.03. The molecule has 1 aromatic heterocycles. The molecule has 7 heteroatoms. The largest absolute Gasteiger partial charge is 0.379 e. The molecule has 1 fully saturated rings. The third-order valence-electron chi connectivity index (χ3n) is 3.23. The van der Waals surface area contributed by atoms with E-state index in [2.05, 4.69) is 21.4 Å². The van der Waals surface area contributed by atoms with Crippen molar-refractivity contribution in [3.05, 3.63) is 5.56 Å². The van der Waals surface area contributed by atoms with Crippen LogP contribution in [0.4, 0.5) is 5.82 Å². The summed E-state index contributed by atoms with van der Waals surface area (Å²) >= 11 is 0. The quantitative estimate of drug-likeness (QED) is 0.555. The molecule has 1 saturated heterocycles. The van der Waals surface area contributed by atoms with Gasteiger partial charge in [-0.25, -0.2) is 0 Å². The number of hydrogen-bond acceptors (Lipinski definition) is 5. The highest BCUT2D eigenvalue weighted by atomic mass is 16.5. The second-order valence-corrected chi connectivity index (χ2v) is 4.58. The molecule has 0 unspecified atom stereocenters. The standard InChI is InChI=1S/C12H18BN5O/c1-17-12(10(9-14)11(13)16-17)15-3-2-4-18-5-7-19-8-6-18/h15H,2-8H2,1H3. The molecule has 0 aromatic carbocycles. The number of anilines is 1. The second kappa shape index (κ2) is 6.59. The number of nitrogens with one attached hydrogen (secondary N) is 1. The molecule has 0 saturated carbocycles. The lowest BCUT2D eigenvalue weighted by molar-refractivity contribution is 0.0378. The Morgan fingerprint density at radius 1 is 1.47 bits per heavy atom. The lowest BCUT2D eigenvalue weighted by atomic mass is 10.0. The Hall–Kier alpha value is -1.52. The number of ether oxygens (including phenoxy) is 1. The van der Waals surface area contributed by atoms with E-state index in [-0.39, 0.29) is 5.59 Å². The smallest absolute Gasteiger partial charge is 0.146 e. The fourth-order valence-electron chi connectivity index (χ4n) is 2.19. The minimum absolute atomic E-state index is 0.278. The molecule has 2 rings (SSSR count). The predicted molar refractivity (Wildman–Crippen MR) is 73.7 cm³/mol. The third kappa shape index (κ3) is 3.49. The van der Waals surface area contributed by atoms with Gasteiger partial charge in [-0.2, -0.15) is 10.4 Å². The number of aromatic nitrogens is 2. The first-order valence-electron chi connectivity index (χ1n) is 6.49. The summed E-state index contributed by atoms with van der Waals surface area (Å²) in [4.78, 5) is 2.38. The Morgan fingerprint density at radius 3 is 2.89 bits per heavy atom. The van der Waals surface area contributed by atoms with Crippen molar-refractivity contribution in [1.29, 1.82) is 5.26 Å². The van der Waals surface area contributed by atoms with Crippen molar-refractivity contribution in [2.75, 3.05) is 44.7 Å². The summed E-state index contributed by atoms with van der Waals surface area (Å²) in [5, 5.41) is 16.3. The molecule has 1 aliphatic rings. The van der Waals surface area contributed by atoms with Crippen LogP contribution >= 0.6 is 0 Å². The highest BCUT2D eigenvalue weighted by Gasteiger charge is 2.12. The first kappa shape index (κ1) is 13.9. The van der Waals surface area contributed by atoms with Gasteiger partial charge in [-0.15, -0.1) is 0 Å². The number of aryl methyl sites for hydroxylation is 1. The maximum atomic E-state index is 9.03. The molecule has 0 amide bonds. The van der Waals surface area contributed by atoms with Crippen LogP contribution in [-0.4, -0.2) is 61.9 Å². The van der Waals surface area contributed by atoms with E-state index in [0.717, 1.165) is 45.8 Å². The van der Waals surface area contributed by atoms with E-state index in [0.29, 0.717) is 11.4 Å². The first-order chi connectivity index (χ1) is 9.22. The van der Waals surface area contributed by atoms with Crippen molar-refractivity contribution in [3.63, 3.8) is 0 Å². The minimum Gasteiger partial charge on any atom is -0.379 e. The summed E-state index contributed by atoms with van der Waals surface area (Å²) in [6.07, 6.45) is 1.01. The van der Waals surface area contributed by atoms with Crippen LogP contribution in [-0.2, 0) is 11.8 Å². The Balaban J connectivity index is 1.78. The third-order valence-corrected chi connectivity index (χ3v) is 3.23. The molecule has 19 heavy (non-hydrogen) atoms. The summed E-state index contributed by atoms with van der Waals surface area (Å²) in [5.41, 5.74) is 0.703. The SMILES string of the molecule is [B]c1nn(C)c(NCCCN2CCOCC2)c1C#N. The zero-order valence-electron chi connectivity index (χ0n) is 11.2. The fraction of sp³-hybridized carbons (Fsp3) is 0.667. The molecule has 2 radical (unpaired) electrons. The predicted octanol–water partition coefficient (Wildman–Crippen LogP) is -0.780. The molecular formula is C12H18BN5O. The summed E-state index contributed by atoms with van der Waals surface area (Å²) in [6, 6.07) is 2.08. The van der Waals surface area contributed by atoms with Crippen molar-refractivity contribution in [2.24, 2.45) is 7.05 Å². The summed E-state index contributed by atoms with van der Waals surface area (Å²) in [6.45, 7) is 5.48. The van der Waals surface area contributed by atoms with Gasteiger partial charge in [-0.1, -0.05) is 0 Å². The molecule has 0 bridgehead atoms. The Kier molecular flexibility index (Phi) is 4.83. The Labute approximate surface area is 114 Å². The van der Waals surface area contributed by atoms with Crippen molar-refractivity contribution in [2.45, 2.75) is 6.42 Å². The normalized spacial score (nSPS) is 16.2. The van der Waals surface area contributed by atoms with Crippen molar-refractivity contribution >= 4 is 19.3 Å². The van der Waals surface area contributed by atoms with Gasteiger partial charge in [0.25, 0.3) is 0 Å². The average molecular weight is 259 g/mol. The molecule has 6 nitrogen and oxygen atoms in total. The number of hydrogen-bond donors (Lipinski definition) is 1. The highest BCUT2D eigenvalue weighted by Crippen LogP contribution is 2.10. The monoisotopic (exact) mass is 259 g/mol. The van der Waals surface area contributed by atoms with Gasteiger partial charge in [0.05, 0.1) is 13.2 Å². The molecule has 2 heterocycles. The second-order valence-electron chi connectivity index (χ2n) is 4.58. The lowest BCUT2D eigenvalue weighted by Crippen LogP contribution is -2.37. The van der Waals surface area contributed by atoms with Crippen LogP contribution in [0.5, 0.6) is 0 Å². The van der Waals surface area contributed by atoms with Crippen LogP contribution in [0.15, 0.2) is 0 Å². The average Bonchev–Trinajstić information content (AvgIpc) is 2.70. The van der Waals surface area contributed by atoms with Crippen LogP contribution in [0.2, 0.25) is 0 Å². The zero-order valence-corrected chi connectivity index (χ0v) is 11.2. The summed E-state index contributed by atoms with van der Waals surface area (Å²) in [7, 11) is 7.44.